The lowest BCUT2D eigenvalue weighted by molar-refractivity contribution is -0.255. The highest BCUT2D eigenvalue weighted by atomic mass is 32.2. The second-order valence-corrected chi connectivity index (χ2v) is 8.90. The number of nitrogens with one attached hydrogen (secondary N) is 1. The zero-order valence-corrected chi connectivity index (χ0v) is 19.5. The van der Waals surface area contributed by atoms with Gasteiger partial charge in [0.1, 0.15) is 18.1 Å². The van der Waals surface area contributed by atoms with E-state index >= 15 is 0 Å². The molecule has 0 radical (unpaired) electrons. The molecule has 0 aliphatic carbocycles. The molecule has 0 bridgehead atoms. The molecule has 3 amide bonds. The number of thioether (sulfide) groups is 1. The summed E-state index contributed by atoms with van der Waals surface area (Å²) in [5.74, 6) is -0.592. The highest BCUT2D eigenvalue weighted by molar-refractivity contribution is 8.18. The molecule has 0 saturated carbocycles. The predicted octanol–water partition coefficient (Wildman–Crippen LogP) is 3.02. The van der Waals surface area contributed by atoms with Gasteiger partial charge >= 0.3 is 0 Å². The van der Waals surface area contributed by atoms with Gasteiger partial charge in [-0.15, -0.1) is 0 Å². The highest BCUT2D eigenvalue weighted by Crippen LogP contribution is 2.35. The fourth-order valence-corrected chi connectivity index (χ4v) is 4.54. The number of fused-ring (bicyclic) bond motifs is 1. The number of anilines is 1. The first-order valence-corrected chi connectivity index (χ1v) is 11.5. The molecule has 36 heavy (non-hydrogen) atoms. The molecule has 10 nitrogen and oxygen atoms in total. The molecule has 5 rings (SSSR count). The quantitative estimate of drug-likeness (QED) is 0.501. The zero-order valence-electron chi connectivity index (χ0n) is 18.7. The van der Waals surface area contributed by atoms with Crippen molar-refractivity contribution in [3.63, 3.8) is 0 Å². The molecule has 182 valence electrons. The maximum Gasteiger partial charge on any atom is 0.294 e. The Morgan fingerprint density at radius 2 is 1.89 bits per heavy atom. The Balaban J connectivity index is 1.27. The van der Waals surface area contributed by atoms with Gasteiger partial charge in [0.25, 0.3) is 11.1 Å². The maximum atomic E-state index is 12.8. The van der Waals surface area contributed by atoms with Crippen molar-refractivity contribution in [1.29, 1.82) is 0 Å². The van der Waals surface area contributed by atoms with Crippen molar-refractivity contribution in [2.45, 2.75) is 6.92 Å². The SMILES string of the molecule is Cc1cc(C(=O)[O-])ccc1-c1ccc(/C=C2/SC(=O)N(CC(=O)Nc3ccc4c(c3)OCO4)C2=O)o1. The van der Waals surface area contributed by atoms with Crippen LogP contribution in [-0.2, 0) is 9.59 Å². The maximum absolute atomic E-state index is 12.8. The van der Waals surface area contributed by atoms with Crippen LogP contribution < -0.4 is 19.9 Å². The van der Waals surface area contributed by atoms with Gasteiger partial charge in [-0.2, -0.15) is 0 Å². The van der Waals surface area contributed by atoms with Crippen LogP contribution in [0.1, 0.15) is 21.7 Å². The van der Waals surface area contributed by atoms with Crippen LogP contribution in [0, 0.1) is 6.92 Å². The van der Waals surface area contributed by atoms with E-state index in [9.17, 15) is 24.3 Å². The van der Waals surface area contributed by atoms with E-state index in [1.54, 1.807) is 43.3 Å². The van der Waals surface area contributed by atoms with Gasteiger partial charge in [-0.3, -0.25) is 19.3 Å². The van der Waals surface area contributed by atoms with Crippen molar-refractivity contribution in [3.05, 3.63) is 70.3 Å². The Morgan fingerprint density at radius 1 is 1.08 bits per heavy atom. The molecular formula is C25H17N2O8S-. The smallest absolute Gasteiger partial charge is 0.294 e. The van der Waals surface area contributed by atoms with Crippen molar-refractivity contribution in [3.8, 4) is 22.8 Å². The number of imide groups is 1. The summed E-state index contributed by atoms with van der Waals surface area (Å²) in [6.45, 7) is 1.38. The number of rotatable bonds is 6. The van der Waals surface area contributed by atoms with Gasteiger partial charge in [-0.1, -0.05) is 12.1 Å². The normalized spacial score (nSPS) is 15.6. The molecule has 0 unspecified atom stereocenters. The topological polar surface area (TPSA) is 138 Å². The van der Waals surface area contributed by atoms with Gasteiger partial charge in [0, 0.05) is 23.4 Å². The second-order valence-electron chi connectivity index (χ2n) is 7.90. The van der Waals surface area contributed by atoms with Crippen LogP contribution in [0.3, 0.4) is 0 Å². The minimum Gasteiger partial charge on any atom is -0.545 e. The lowest BCUT2D eigenvalue weighted by Crippen LogP contribution is -2.36. The molecule has 3 aromatic rings. The largest absolute Gasteiger partial charge is 0.545 e. The summed E-state index contributed by atoms with van der Waals surface area (Å²) in [6, 6.07) is 12.7. The number of ether oxygens (including phenoxy) is 2. The lowest BCUT2D eigenvalue weighted by atomic mass is 10.0. The molecular weight excluding hydrogens is 488 g/mol. The van der Waals surface area contributed by atoms with E-state index in [1.807, 2.05) is 0 Å². The van der Waals surface area contributed by atoms with E-state index in [0.717, 1.165) is 4.90 Å². The number of benzene rings is 2. The minimum absolute atomic E-state index is 0.0549. The van der Waals surface area contributed by atoms with Gasteiger partial charge in [0.2, 0.25) is 12.7 Å². The van der Waals surface area contributed by atoms with Gasteiger partial charge in [-0.25, -0.2) is 0 Å². The average molecular weight is 505 g/mol. The Morgan fingerprint density at radius 3 is 2.67 bits per heavy atom. The van der Waals surface area contributed by atoms with E-state index in [2.05, 4.69) is 5.32 Å². The molecule has 1 aromatic heterocycles. The monoisotopic (exact) mass is 505 g/mol. The van der Waals surface area contributed by atoms with E-state index < -0.39 is 29.6 Å². The van der Waals surface area contributed by atoms with Gasteiger partial charge in [0.05, 0.1) is 10.9 Å². The number of aromatic carboxylic acids is 1. The van der Waals surface area contributed by atoms with E-state index in [0.29, 0.717) is 51.6 Å². The summed E-state index contributed by atoms with van der Waals surface area (Å²) < 4.78 is 16.3. The summed E-state index contributed by atoms with van der Waals surface area (Å²) in [6.07, 6.45) is 1.43. The van der Waals surface area contributed by atoms with Crippen molar-refractivity contribution >= 4 is 46.5 Å². The Labute approximate surface area is 208 Å². The number of furan rings is 1. The van der Waals surface area contributed by atoms with Crippen LogP contribution in [0.5, 0.6) is 11.5 Å². The number of carboxylic acid groups (broad SMARTS) is 1. The molecule has 1 saturated heterocycles. The van der Waals surface area contributed by atoms with E-state index in [4.69, 9.17) is 13.9 Å². The standard InChI is InChI=1S/C25H18N2O8S/c1-13-8-14(24(30)31)2-5-17(13)18-7-4-16(35-18)10-21-23(29)27(25(32)36-21)11-22(28)26-15-3-6-19-20(9-15)34-12-33-19/h2-10H,11-12H2,1H3,(H,26,28)(H,30,31)/p-1/b21-10+. The summed E-state index contributed by atoms with van der Waals surface area (Å²) >= 11 is 0.704. The predicted molar refractivity (Wildman–Crippen MR) is 127 cm³/mol. The van der Waals surface area contributed by atoms with Crippen molar-refractivity contribution in [1.82, 2.24) is 4.90 Å². The second kappa shape index (κ2) is 9.27. The summed E-state index contributed by atoms with van der Waals surface area (Å²) in [5.41, 5.74) is 1.84. The number of hydrogen-bond donors (Lipinski definition) is 1. The first-order chi connectivity index (χ1) is 17.3. The molecule has 1 fully saturated rings. The number of hydrogen-bond acceptors (Lipinski definition) is 9. The van der Waals surface area contributed by atoms with Gasteiger partial charge in [-0.05, 0) is 60.1 Å². The number of amides is 3. The number of carboxylic acids is 1. The molecule has 0 atom stereocenters. The molecule has 1 N–H and O–H groups in total. The Bertz CT molecular complexity index is 1460. The summed E-state index contributed by atoms with van der Waals surface area (Å²) in [5, 5.41) is 13.1. The molecule has 2 aromatic carbocycles. The van der Waals surface area contributed by atoms with Crippen LogP contribution in [0.2, 0.25) is 0 Å². The molecule has 0 spiro atoms. The van der Waals surface area contributed by atoms with Crippen molar-refractivity contribution in [2.75, 3.05) is 18.7 Å². The van der Waals surface area contributed by atoms with Crippen molar-refractivity contribution < 1.29 is 38.2 Å². The van der Waals surface area contributed by atoms with Gasteiger partial charge < -0.3 is 29.1 Å². The van der Waals surface area contributed by atoms with Crippen molar-refractivity contribution in [2.24, 2.45) is 0 Å². The number of carbonyl (C=O) groups excluding carboxylic acids is 4. The Hall–Kier alpha value is -4.51. The van der Waals surface area contributed by atoms with Crippen LogP contribution in [0.25, 0.3) is 17.4 Å². The van der Waals surface area contributed by atoms with Gasteiger partial charge in [0.15, 0.2) is 11.5 Å². The molecule has 3 heterocycles. The third-order valence-corrected chi connectivity index (χ3v) is 6.37. The fourth-order valence-electron chi connectivity index (χ4n) is 3.73. The lowest BCUT2D eigenvalue weighted by Gasteiger charge is -2.12. The van der Waals surface area contributed by atoms with Crippen LogP contribution >= 0.6 is 11.8 Å². The van der Waals surface area contributed by atoms with E-state index in [-0.39, 0.29) is 17.3 Å². The van der Waals surface area contributed by atoms with Crippen LogP contribution in [0.4, 0.5) is 10.5 Å². The molecule has 2 aliphatic rings. The number of nitrogens with zero attached hydrogens (tertiary/aromatic N) is 1. The third kappa shape index (κ3) is 4.56. The third-order valence-electron chi connectivity index (χ3n) is 5.46. The average Bonchev–Trinajstić information content (AvgIpc) is 3.55. The number of aryl methyl sites for hydroxylation is 1. The summed E-state index contributed by atoms with van der Waals surface area (Å²) in [7, 11) is 0. The number of carbonyl (C=O) groups is 4. The Kier molecular flexibility index (Phi) is 5.98. The molecule has 2 aliphatic heterocycles. The first kappa shape index (κ1) is 23.2. The summed E-state index contributed by atoms with van der Waals surface area (Å²) in [4.78, 5) is 49.7. The van der Waals surface area contributed by atoms with Crippen LogP contribution in [-0.4, -0.2) is 41.3 Å². The zero-order chi connectivity index (χ0) is 25.4. The highest BCUT2D eigenvalue weighted by Gasteiger charge is 2.36. The molecule has 11 heteroatoms. The van der Waals surface area contributed by atoms with Crippen LogP contribution in [0.15, 0.2) is 57.9 Å². The minimum atomic E-state index is -1.27. The fraction of sp³-hybridized carbons (Fsp3) is 0.120. The van der Waals surface area contributed by atoms with E-state index in [1.165, 1.54) is 18.2 Å². The first-order valence-electron chi connectivity index (χ1n) is 10.7.